The van der Waals surface area contributed by atoms with Crippen molar-refractivity contribution in [3.8, 4) is 0 Å². The lowest BCUT2D eigenvalue weighted by Crippen LogP contribution is -2.22. The van der Waals surface area contributed by atoms with Crippen LogP contribution in [0.2, 0.25) is 0 Å². The van der Waals surface area contributed by atoms with E-state index in [9.17, 15) is 19.2 Å². The highest BCUT2D eigenvalue weighted by molar-refractivity contribution is 6.08. The van der Waals surface area contributed by atoms with E-state index >= 15 is 0 Å². The maximum absolute atomic E-state index is 11.5. The summed E-state index contributed by atoms with van der Waals surface area (Å²) < 4.78 is 7.54. The van der Waals surface area contributed by atoms with Crippen LogP contribution < -0.4 is 22.5 Å². The van der Waals surface area contributed by atoms with E-state index < -0.39 is 11.2 Å². The van der Waals surface area contributed by atoms with Gasteiger partial charge in [-0.2, -0.15) is 0 Å². The van der Waals surface area contributed by atoms with Crippen LogP contribution >= 0.6 is 0 Å². The Hall–Kier alpha value is -6.53. The Morgan fingerprint density at radius 3 is 1.84 bits per heavy atom. The molecule has 0 spiro atoms. The van der Waals surface area contributed by atoms with Crippen molar-refractivity contribution in [2.45, 2.75) is 100 Å². The molecule has 0 bridgehead atoms. The molecule has 0 unspecified atom stereocenters. The van der Waals surface area contributed by atoms with Gasteiger partial charge in [0.05, 0.1) is 31.0 Å². The lowest BCUT2D eigenvalue weighted by atomic mass is 10.2. The number of nitrogens with zero attached hydrogens (tertiary/aromatic N) is 11. The lowest BCUT2D eigenvalue weighted by molar-refractivity contribution is 0.0996. The zero-order valence-electron chi connectivity index (χ0n) is 31.7. The number of aromatic amines is 3. The summed E-state index contributed by atoms with van der Waals surface area (Å²) >= 11 is 0. The van der Waals surface area contributed by atoms with Gasteiger partial charge < -0.3 is 29.0 Å². The number of ketones is 1. The topological polar surface area (TPSA) is 251 Å². The van der Waals surface area contributed by atoms with Gasteiger partial charge in [-0.3, -0.25) is 24.4 Å². The summed E-state index contributed by atoms with van der Waals surface area (Å²) in [4.78, 5) is 81.3. The molecule has 7 aromatic heterocycles. The van der Waals surface area contributed by atoms with E-state index in [2.05, 4.69) is 63.7 Å². The van der Waals surface area contributed by atoms with E-state index in [0.717, 1.165) is 11.2 Å². The first-order chi connectivity index (χ1) is 25.6. The number of imidazole rings is 4. The first-order valence-corrected chi connectivity index (χ1v) is 17.4. The minimum Gasteiger partial charge on any atom is -0.397 e. The minimum absolute atomic E-state index is 0. The van der Waals surface area contributed by atoms with Gasteiger partial charge in [0.15, 0.2) is 39.6 Å². The molecule has 8 rings (SSSR count). The summed E-state index contributed by atoms with van der Waals surface area (Å²) in [6.07, 6.45) is 10.4. The van der Waals surface area contributed by atoms with Crippen LogP contribution in [0.15, 0.2) is 56.9 Å². The van der Waals surface area contributed by atoms with Crippen molar-refractivity contribution >= 4 is 57.0 Å². The molecule has 1 aliphatic rings. The summed E-state index contributed by atoms with van der Waals surface area (Å²) in [7, 11) is 0. The zero-order chi connectivity index (χ0) is 39.4. The van der Waals surface area contributed by atoms with Crippen molar-refractivity contribution in [1.29, 1.82) is 0 Å². The second kappa shape index (κ2) is 17.1. The molecule has 0 aliphatic carbocycles. The predicted molar refractivity (Wildman–Crippen MR) is 213 cm³/mol. The number of nitrogens with two attached hydrogens (primary N) is 1. The van der Waals surface area contributed by atoms with Crippen molar-refractivity contribution in [1.82, 2.24) is 63.1 Å². The van der Waals surface area contributed by atoms with Gasteiger partial charge in [0.25, 0.3) is 11.1 Å². The summed E-state index contributed by atoms with van der Waals surface area (Å²) in [5.74, 6) is 1.38. The van der Waals surface area contributed by atoms with Crippen LogP contribution in [0.4, 0.5) is 11.5 Å². The fourth-order valence-corrected chi connectivity index (χ4v) is 5.46. The molecule has 55 heavy (non-hydrogen) atoms. The van der Waals surface area contributed by atoms with Crippen molar-refractivity contribution < 1.29 is 4.79 Å². The van der Waals surface area contributed by atoms with E-state index in [1.807, 2.05) is 55.2 Å². The number of hydrogen-bond donors (Lipinski definition) is 4. The van der Waals surface area contributed by atoms with Crippen LogP contribution in [0.3, 0.4) is 0 Å². The van der Waals surface area contributed by atoms with Gasteiger partial charge in [0, 0.05) is 43.0 Å². The van der Waals surface area contributed by atoms with E-state index in [0.29, 0.717) is 58.3 Å². The molecule has 0 amide bonds. The van der Waals surface area contributed by atoms with Gasteiger partial charge in [0.1, 0.15) is 17.0 Å². The molecule has 292 valence electrons. The molecule has 0 fully saturated rings. The maximum Gasteiger partial charge on any atom is 0.327 e. The van der Waals surface area contributed by atoms with Crippen molar-refractivity contribution in [3.05, 3.63) is 80.3 Å². The third kappa shape index (κ3) is 8.82. The number of carbonyl (C=O) groups excluding carboxylic acids is 1. The van der Waals surface area contributed by atoms with Gasteiger partial charge in [0.2, 0.25) is 0 Å². The van der Waals surface area contributed by atoms with E-state index in [1.54, 1.807) is 55.3 Å². The lowest BCUT2D eigenvalue weighted by Gasteiger charge is -2.10. The number of aryl methyl sites for hydroxylation is 1. The predicted octanol–water partition coefficient (Wildman–Crippen LogP) is 4.99. The van der Waals surface area contributed by atoms with Crippen LogP contribution in [0, 0.1) is 6.92 Å². The van der Waals surface area contributed by atoms with Crippen molar-refractivity contribution in [2.24, 2.45) is 4.99 Å². The molecule has 1 aliphatic heterocycles. The maximum atomic E-state index is 11.5. The van der Waals surface area contributed by atoms with Gasteiger partial charge >= 0.3 is 5.69 Å². The van der Waals surface area contributed by atoms with Crippen molar-refractivity contribution in [2.75, 3.05) is 5.73 Å². The molecule has 0 saturated carbocycles. The highest BCUT2D eigenvalue weighted by atomic mass is 16.2. The molecule has 0 aromatic carbocycles. The van der Waals surface area contributed by atoms with Crippen LogP contribution in [-0.4, -0.2) is 75.1 Å². The molecule has 0 radical (unpaired) electrons. The first kappa shape index (κ1) is 41.2. The number of nitrogen functional groups attached to an aromatic ring is 1. The smallest absolute Gasteiger partial charge is 0.327 e. The highest BCUT2D eigenvalue weighted by Crippen LogP contribution is 2.26. The Kier molecular flexibility index (Phi) is 12.8. The molecular formula is C36H49N15O4. The summed E-state index contributed by atoms with van der Waals surface area (Å²) in [5.41, 5.74) is 9.24. The monoisotopic (exact) mass is 755 g/mol. The second-order valence-electron chi connectivity index (χ2n) is 13.6. The quantitative estimate of drug-likeness (QED) is 0.186. The fraction of sp³-hybridized carbons (Fsp3) is 0.417. The molecule has 19 nitrogen and oxygen atoms in total. The Morgan fingerprint density at radius 2 is 1.20 bits per heavy atom. The van der Waals surface area contributed by atoms with E-state index in [1.165, 1.54) is 0 Å². The van der Waals surface area contributed by atoms with E-state index in [-0.39, 0.29) is 36.4 Å². The van der Waals surface area contributed by atoms with Gasteiger partial charge in [-0.25, -0.2) is 39.7 Å². The van der Waals surface area contributed by atoms with Gasteiger partial charge in [-0.15, -0.1) is 0 Å². The number of Topliss-reactive ketones (excluding diaryl/α,β-unsaturated/α-hetero) is 1. The second-order valence-corrected chi connectivity index (χ2v) is 13.6. The molecule has 5 N–H and O–H groups in total. The Labute approximate surface area is 315 Å². The van der Waals surface area contributed by atoms with Crippen molar-refractivity contribution in [3.63, 3.8) is 0 Å². The fourth-order valence-electron chi connectivity index (χ4n) is 5.46. The summed E-state index contributed by atoms with van der Waals surface area (Å²) in [6.45, 7) is 18.0. The number of pyridine rings is 1. The Bertz CT molecular complexity index is 2630. The minimum atomic E-state index is -0.509. The zero-order valence-corrected chi connectivity index (χ0v) is 31.7. The SMILES string of the molecule is C.CC(C)n1cnc2c(=O)[nH]c(=O)[nH]c21.CC(C)n1cnc2c(N)ccnc21.CC(C)n1cnc2c1N=CCC2=O.Cc1nc2c(ncn2C(C)C)c(=O)[nH]1. The number of carbonyl (C=O) groups is 1. The number of hydrogen-bond acceptors (Lipinski definition) is 12. The summed E-state index contributed by atoms with van der Waals surface area (Å²) in [6, 6.07) is 2.82. The average molecular weight is 756 g/mol. The third-order valence-corrected chi connectivity index (χ3v) is 8.26. The largest absolute Gasteiger partial charge is 0.397 e. The van der Waals surface area contributed by atoms with E-state index in [4.69, 9.17) is 5.73 Å². The molecule has 19 heteroatoms. The van der Waals surface area contributed by atoms with Gasteiger partial charge in [-0.05, 0) is 68.4 Å². The summed E-state index contributed by atoms with van der Waals surface area (Å²) in [5, 5.41) is 0. The number of aromatic nitrogens is 13. The van der Waals surface area contributed by atoms with Crippen LogP contribution in [0.25, 0.3) is 33.5 Å². The number of fused-ring (bicyclic) bond motifs is 4. The van der Waals surface area contributed by atoms with Crippen LogP contribution in [-0.2, 0) is 0 Å². The number of rotatable bonds is 4. The molecule has 8 heterocycles. The molecule has 0 atom stereocenters. The Morgan fingerprint density at radius 1 is 0.655 bits per heavy atom. The number of nitrogens with one attached hydrogen (secondary N) is 3. The highest BCUT2D eigenvalue weighted by Gasteiger charge is 2.21. The number of aliphatic imine (C=N–C) groups is 1. The third-order valence-electron chi connectivity index (χ3n) is 8.26. The molecule has 7 aromatic rings. The molecular weight excluding hydrogens is 706 g/mol. The average Bonchev–Trinajstić information content (AvgIpc) is 3.90. The standard InChI is InChI=1S/C9H12N4O.C9H12N4.C9H11N3O.C8H10N4O2.CH4/c1-5(2)13-4-10-7-8(13)11-6(3)12-9(7)14;1-6(2)13-5-12-8-7(10)3-4-11-9(8)13;1-6(2)12-5-11-8-7(13)3-4-10-9(8)12;1-4(2)12-3-9-5-6(12)10-8(14)11-7(5)13;/h4-5H,1-3H3,(H,11,12,14);3-6H,1-2H3,(H2,10,11);4-6H,3H2,1-2H3;3-4H,1-2H3,(H2,10,11,13,14);1H4. The van der Waals surface area contributed by atoms with Gasteiger partial charge in [-0.1, -0.05) is 7.43 Å². The number of anilines is 1. The van der Waals surface area contributed by atoms with Crippen LogP contribution in [0.5, 0.6) is 0 Å². The molecule has 0 saturated heterocycles. The number of H-pyrrole nitrogens is 3. The van der Waals surface area contributed by atoms with Crippen LogP contribution in [0.1, 0.15) is 110 Å². The Balaban J connectivity index is 0.000000162. The normalized spacial score (nSPS) is 12.1. The first-order valence-electron chi connectivity index (χ1n) is 17.4.